The van der Waals surface area contributed by atoms with E-state index in [-0.39, 0.29) is 30.6 Å². The van der Waals surface area contributed by atoms with Crippen molar-refractivity contribution in [3.8, 4) is 22.3 Å². The number of hydrogen-bond acceptors (Lipinski definition) is 0. The molecule has 5 aromatic carbocycles. The summed E-state index contributed by atoms with van der Waals surface area (Å²) in [7, 11) is 0. The minimum atomic E-state index is -0.170. The Bertz CT molecular complexity index is 1360. The molecule has 0 heterocycles. The Hall–Kier alpha value is -2.51. The van der Waals surface area contributed by atoms with E-state index in [1.54, 1.807) is 12.1 Å². The molecule has 0 unspecified atom stereocenters. The van der Waals surface area contributed by atoms with Gasteiger partial charge in [-0.25, -0.2) is 6.07 Å². The third-order valence-corrected chi connectivity index (χ3v) is 6.80. The standard InChI is InChI=1S/C13H9.C13H13.C7H5F.2ClH.Zr/c1-3-7-12-10(5-1)9-11-6-2-4-8-13(11)12;1-10-8-11(2)13(9-10)12-6-4-3-5-7-12;1-6-2-4-7(8)5-3-6;;;/h1-5,7-8H,9H2;3-9H,1-2H3;1-5H;2*1H;/q2*-1;;;;+2/p-2. The minimum Gasteiger partial charge on any atom is -1.00 e. The SMILES string of the molecule is Cc1cc(-c2ccccc2)c(C)[cH-]1.Fc1ccc([CH]=[Zr+2])cc1.[Cl-].[Cl-].[c-]1cccc2c1Cc1ccccc1-2. The predicted molar refractivity (Wildman–Crippen MR) is 142 cm³/mol. The second-order valence-electron chi connectivity index (χ2n) is 8.59. The molecule has 0 bridgehead atoms. The Kier molecular flexibility index (Phi) is 12.5. The van der Waals surface area contributed by atoms with Gasteiger partial charge in [-0.1, -0.05) is 85.1 Å². The van der Waals surface area contributed by atoms with Gasteiger partial charge in [0.25, 0.3) is 0 Å². The minimum absolute atomic E-state index is 0. The van der Waals surface area contributed by atoms with Gasteiger partial charge >= 0.3 is 68.0 Å². The number of halogens is 3. The molecule has 6 rings (SSSR count). The maximum atomic E-state index is 12.2. The first kappa shape index (κ1) is 30.7. The third kappa shape index (κ3) is 8.24. The average molecular weight is 605 g/mol. The number of rotatable bonds is 2. The molecule has 0 atom stereocenters. The van der Waals surface area contributed by atoms with E-state index in [4.69, 9.17) is 0 Å². The average Bonchev–Trinajstić information content (AvgIpc) is 3.44. The second kappa shape index (κ2) is 15.0. The smallest absolute Gasteiger partial charge is 0.0253 e. The van der Waals surface area contributed by atoms with E-state index in [9.17, 15) is 4.39 Å². The van der Waals surface area contributed by atoms with Gasteiger partial charge in [0.2, 0.25) is 0 Å². The van der Waals surface area contributed by atoms with Crippen LogP contribution < -0.4 is 24.8 Å². The van der Waals surface area contributed by atoms with Gasteiger partial charge in [-0.15, -0.1) is 5.56 Å². The molecule has 1 aliphatic rings. The summed E-state index contributed by atoms with van der Waals surface area (Å²) in [6.07, 6.45) is 1.05. The first-order chi connectivity index (χ1) is 17.0. The van der Waals surface area contributed by atoms with E-state index in [1.165, 1.54) is 80.9 Å². The van der Waals surface area contributed by atoms with Crippen LogP contribution in [0.1, 0.15) is 27.8 Å². The molecule has 0 N–H and O–H groups in total. The summed E-state index contributed by atoms with van der Waals surface area (Å²) in [4.78, 5) is 0. The van der Waals surface area contributed by atoms with Crippen molar-refractivity contribution in [1.82, 2.24) is 0 Å². The third-order valence-electron chi connectivity index (χ3n) is 5.98. The summed E-state index contributed by atoms with van der Waals surface area (Å²) in [5.74, 6) is -0.170. The molecule has 4 heteroatoms. The van der Waals surface area contributed by atoms with Crippen LogP contribution in [-0.2, 0) is 30.7 Å². The fourth-order valence-corrected chi connectivity index (χ4v) is 4.76. The second-order valence-corrected chi connectivity index (χ2v) is 9.30. The Labute approximate surface area is 247 Å². The molecule has 0 nitrogen and oxygen atoms in total. The molecule has 186 valence electrons. The van der Waals surface area contributed by atoms with Crippen molar-refractivity contribution < 1.29 is 53.4 Å². The molecule has 37 heavy (non-hydrogen) atoms. The van der Waals surface area contributed by atoms with Crippen molar-refractivity contribution in [2.75, 3.05) is 0 Å². The zero-order chi connectivity index (χ0) is 24.6. The van der Waals surface area contributed by atoms with Crippen molar-refractivity contribution >= 4 is 3.71 Å². The van der Waals surface area contributed by atoms with Crippen molar-refractivity contribution in [1.29, 1.82) is 0 Å². The Morgan fingerprint density at radius 2 is 1.43 bits per heavy atom. The Morgan fingerprint density at radius 1 is 0.784 bits per heavy atom. The van der Waals surface area contributed by atoms with Gasteiger partial charge in [0.15, 0.2) is 0 Å². The summed E-state index contributed by atoms with van der Waals surface area (Å²) >= 11 is 1.34. The fourth-order valence-electron chi connectivity index (χ4n) is 4.29. The van der Waals surface area contributed by atoms with E-state index in [2.05, 4.69) is 98.8 Å². The quantitative estimate of drug-likeness (QED) is 0.266. The van der Waals surface area contributed by atoms with Gasteiger partial charge in [-0.3, -0.25) is 0 Å². The molecular formula is C33H27Cl2FZr-2. The van der Waals surface area contributed by atoms with Crippen molar-refractivity contribution in [3.05, 3.63) is 149 Å². The number of hydrogen-bond donors (Lipinski definition) is 0. The van der Waals surface area contributed by atoms with Gasteiger partial charge in [0.1, 0.15) is 0 Å². The zero-order valence-electron chi connectivity index (χ0n) is 20.8. The van der Waals surface area contributed by atoms with E-state index >= 15 is 0 Å². The number of fused-ring (bicyclic) bond motifs is 3. The zero-order valence-corrected chi connectivity index (χ0v) is 24.8. The van der Waals surface area contributed by atoms with Gasteiger partial charge < -0.3 is 24.8 Å². The first-order valence-corrected chi connectivity index (χ1v) is 13.1. The number of aryl methyl sites for hydroxylation is 2. The summed E-state index contributed by atoms with van der Waals surface area (Å²) in [6, 6.07) is 39.6. The van der Waals surface area contributed by atoms with E-state index in [0.717, 1.165) is 12.0 Å². The molecule has 0 saturated carbocycles. The topological polar surface area (TPSA) is 0 Å². The van der Waals surface area contributed by atoms with Gasteiger partial charge in [-0.2, -0.15) is 52.6 Å². The van der Waals surface area contributed by atoms with Crippen LogP contribution in [0.2, 0.25) is 0 Å². The van der Waals surface area contributed by atoms with E-state index in [1.807, 2.05) is 9.78 Å². The molecular weight excluding hydrogens is 577 g/mol. The largest absolute Gasteiger partial charge is 1.00 e. The summed E-state index contributed by atoms with van der Waals surface area (Å²) in [6.45, 7) is 4.30. The van der Waals surface area contributed by atoms with Crippen molar-refractivity contribution in [3.63, 3.8) is 0 Å². The molecule has 0 amide bonds. The summed E-state index contributed by atoms with van der Waals surface area (Å²) in [5, 5.41) is 0. The van der Waals surface area contributed by atoms with Gasteiger partial charge in [0.05, 0.1) is 0 Å². The molecule has 5 aromatic rings. The molecule has 0 aromatic heterocycles. The molecule has 0 radical (unpaired) electrons. The van der Waals surface area contributed by atoms with Gasteiger partial charge in [-0.05, 0) is 6.42 Å². The van der Waals surface area contributed by atoms with Crippen LogP contribution >= 0.6 is 0 Å². The van der Waals surface area contributed by atoms with Gasteiger partial charge in [0, 0.05) is 0 Å². The maximum Gasteiger partial charge on any atom is -0.0253 e. The van der Waals surface area contributed by atoms with Crippen LogP contribution in [-0.4, -0.2) is 3.71 Å². The van der Waals surface area contributed by atoms with Crippen LogP contribution in [0.15, 0.2) is 109 Å². The summed E-state index contributed by atoms with van der Waals surface area (Å²) < 4.78 is 14.2. The molecule has 0 spiro atoms. The van der Waals surface area contributed by atoms with Crippen LogP contribution in [0.3, 0.4) is 0 Å². The van der Waals surface area contributed by atoms with Crippen LogP contribution in [0.4, 0.5) is 4.39 Å². The van der Waals surface area contributed by atoms with Crippen molar-refractivity contribution in [2.45, 2.75) is 20.3 Å². The Balaban J connectivity index is 0.000000194. The molecule has 0 saturated heterocycles. The van der Waals surface area contributed by atoms with E-state index < -0.39 is 0 Å². The van der Waals surface area contributed by atoms with Crippen molar-refractivity contribution in [2.24, 2.45) is 0 Å². The monoisotopic (exact) mass is 602 g/mol. The van der Waals surface area contributed by atoms with Crippen LogP contribution in [0.25, 0.3) is 22.3 Å². The van der Waals surface area contributed by atoms with Crippen LogP contribution in [0.5, 0.6) is 0 Å². The fraction of sp³-hybridized carbons (Fsp3) is 0.0909. The molecule has 1 aliphatic carbocycles. The van der Waals surface area contributed by atoms with Crippen LogP contribution in [0, 0.1) is 25.7 Å². The maximum absolute atomic E-state index is 12.2. The summed E-state index contributed by atoms with van der Waals surface area (Å²) in [5.41, 5.74) is 12.0. The normalized spacial score (nSPS) is 10.2. The van der Waals surface area contributed by atoms with E-state index in [0.29, 0.717) is 0 Å². The number of benzene rings is 4. The molecule has 0 fully saturated rings. The predicted octanol–water partition coefficient (Wildman–Crippen LogP) is 2.28. The molecule has 0 aliphatic heterocycles. The Morgan fingerprint density at radius 3 is 2.08 bits per heavy atom. The first-order valence-electron chi connectivity index (χ1n) is 11.7.